The topological polar surface area (TPSA) is 36.3 Å². The predicted molar refractivity (Wildman–Crippen MR) is 127 cm³/mol. The van der Waals surface area contributed by atoms with Crippen LogP contribution >= 0.6 is 0 Å². The molecule has 3 atom stereocenters. The van der Waals surface area contributed by atoms with Gasteiger partial charge in [-0.25, -0.2) is 0 Å². The van der Waals surface area contributed by atoms with Crippen molar-refractivity contribution in [3.8, 4) is 11.8 Å². The third-order valence-electron chi connectivity index (χ3n) is 8.62. The zero-order chi connectivity index (χ0) is 26.5. The van der Waals surface area contributed by atoms with Gasteiger partial charge in [-0.2, -0.15) is 31.6 Å². The maximum absolute atomic E-state index is 14.2. The molecule has 2 bridgehead atoms. The maximum Gasteiger partial charge on any atom is 0.420 e. The molecule has 1 aliphatic carbocycles. The Balaban J connectivity index is 1.39. The summed E-state index contributed by atoms with van der Waals surface area (Å²) in [4.78, 5) is 2.43. The minimum Gasteiger partial charge on any atom is -0.490 e. The molecule has 9 heteroatoms. The number of alkyl halides is 6. The first-order valence-corrected chi connectivity index (χ1v) is 13.0. The average molecular weight is 525 g/mol. The van der Waals surface area contributed by atoms with Crippen LogP contribution in [0.15, 0.2) is 30.3 Å². The number of nitrogens with zero attached hydrogens (tertiary/aromatic N) is 2. The van der Waals surface area contributed by atoms with E-state index in [1.165, 1.54) is 12.1 Å². The van der Waals surface area contributed by atoms with Gasteiger partial charge in [0.15, 0.2) is 0 Å². The molecule has 1 saturated carbocycles. The van der Waals surface area contributed by atoms with Crippen molar-refractivity contribution in [1.82, 2.24) is 4.90 Å². The summed E-state index contributed by atoms with van der Waals surface area (Å²) in [6.45, 7) is 2.07. The summed E-state index contributed by atoms with van der Waals surface area (Å²) in [5.74, 6) is -1.69. The first-order valence-electron chi connectivity index (χ1n) is 13.0. The molecular formula is C28H30F6N2O. The van der Waals surface area contributed by atoms with Crippen LogP contribution < -0.4 is 4.74 Å². The number of rotatable bonds is 4. The minimum atomic E-state index is -4.68. The van der Waals surface area contributed by atoms with Crippen LogP contribution in [-0.2, 0) is 6.18 Å². The highest BCUT2D eigenvalue weighted by Gasteiger charge is 2.44. The quantitative estimate of drug-likeness (QED) is 0.379. The maximum atomic E-state index is 14.2. The van der Waals surface area contributed by atoms with Crippen LogP contribution in [-0.4, -0.2) is 29.3 Å². The first kappa shape index (κ1) is 26.1. The van der Waals surface area contributed by atoms with Crippen LogP contribution in [0, 0.1) is 23.2 Å². The second-order valence-electron chi connectivity index (χ2n) is 10.9. The van der Waals surface area contributed by atoms with Gasteiger partial charge in [0.05, 0.1) is 18.1 Å². The van der Waals surface area contributed by atoms with Gasteiger partial charge in [-0.3, -0.25) is 4.90 Å². The second kappa shape index (κ2) is 9.68. The minimum absolute atomic E-state index is 0.00984. The molecule has 5 rings (SSSR count). The fraction of sp³-hybridized carbons (Fsp3) is 0.607. The monoisotopic (exact) mass is 524 g/mol. The molecule has 2 saturated heterocycles. The molecule has 2 aliphatic heterocycles. The van der Waals surface area contributed by atoms with Crippen LogP contribution in [0.5, 0.6) is 5.75 Å². The Kier molecular flexibility index (Phi) is 6.84. The number of halogens is 6. The van der Waals surface area contributed by atoms with Crippen LogP contribution in [0.4, 0.5) is 26.3 Å². The highest BCUT2D eigenvalue weighted by molar-refractivity contribution is 5.89. The van der Waals surface area contributed by atoms with E-state index >= 15 is 0 Å². The zero-order valence-corrected chi connectivity index (χ0v) is 20.6. The SMILES string of the molecule is CC(c1ccc2c(C(F)(F)F)c(OC3CCC(C(F)(F)F)CC3)ccc2c1)N1C2CCC1CC(C#N)C2. The molecule has 0 amide bonds. The van der Waals surface area contributed by atoms with E-state index < -0.39 is 29.9 Å². The molecule has 2 aromatic rings. The van der Waals surface area contributed by atoms with E-state index in [4.69, 9.17) is 4.74 Å². The summed E-state index contributed by atoms with van der Waals surface area (Å²) in [5.41, 5.74) is 0.0455. The average Bonchev–Trinajstić information content (AvgIpc) is 3.11. The van der Waals surface area contributed by atoms with E-state index in [-0.39, 0.29) is 48.8 Å². The summed E-state index contributed by atoms with van der Waals surface area (Å²) in [5, 5.41) is 9.83. The highest BCUT2D eigenvalue weighted by atomic mass is 19.4. The Morgan fingerprint density at radius 2 is 1.57 bits per heavy atom. The smallest absolute Gasteiger partial charge is 0.420 e. The van der Waals surface area contributed by atoms with Crippen molar-refractivity contribution in [1.29, 1.82) is 5.26 Å². The lowest BCUT2D eigenvalue weighted by atomic mass is 9.87. The first-order chi connectivity index (χ1) is 17.5. The van der Waals surface area contributed by atoms with Gasteiger partial charge in [0.25, 0.3) is 0 Å². The standard InChI is InChI=1S/C28H30F6N2O/c1-16(36-21-6-7-22(36)13-17(12-21)15-35)18-2-10-24-19(14-18)3-11-25(26(24)28(32,33)34)37-23-8-4-20(5-9-23)27(29,30)31/h2-3,10-11,14,16-17,20-23H,4-9,12-13H2,1H3. The molecule has 2 heterocycles. The van der Waals surface area contributed by atoms with E-state index in [0.717, 1.165) is 31.2 Å². The van der Waals surface area contributed by atoms with Crippen LogP contribution in [0.2, 0.25) is 0 Å². The lowest BCUT2D eigenvalue weighted by Crippen LogP contribution is -2.43. The van der Waals surface area contributed by atoms with Crippen molar-refractivity contribution in [2.75, 3.05) is 0 Å². The lowest BCUT2D eigenvalue weighted by Gasteiger charge is -2.41. The van der Waals surface area contributed by atoms with Crippen molar-refractivity contribution in [2.45, 2.75) is 94.9 Å². The van der Waals surface area contributed by atoms with E-state index in [0.29, 0.717) is 17.5 Å². The molecule has 37 heavy (non-hydrogen) atoms. The molecule has 0 radical (unpaired) electrons. The van der Waals surface area contributed by atoms with Crippen molar-refractivity contribution in [3.05, 3.63) is 41.5 Å². The molecule has 2 aromatic carbocycles. The molecule has 0 N–H and O–H groups in total. The zero-order valence-electron chi connectivity index (χ0n) is 20.6. The molecule has 3 unspecified atom stereocenters. The summed E-state index contributed by atoms with van der Waals surface area (Å²) >= 11 is 0. The molecule has 3 aliphatic rings. The van der Waals surface area contributed by atoms with Gasteiger partial charge in [-0.1, -0.05) is 18.2 Å². The number of piperidine rings is 1. The van der Waals surface area contributed by atoms with Crippen molar-refractivity contribution in [2.24, 2.45) is 11.8 Å². The van der Waals surface area contributed by atoms with E-state index in [1.54, 1.807) is 18.2 Å². The largest absolute Gasteiger partial charge is 0.490 e. The Morgan fingerprint density at radius 1 is 0.919 bits per heavy atom. The fourth-order valence-electron chi connectivity index (χ4n) is 6.79. The van der Waals surface area contributed by atoms with E-state index in [2.05, 4.69) is 17.9 Å². The molecule has 200 valence electrons. The number of nitriles is 1. The number of hydrogen-bond donors (Lipinski definition) is 0. The predicted octanol–water partition coefficient (Wildman–Crippen LogP) is 8.19. The van der Waals surface area contributed by atoms with E-state index in [1.807, 2.05) is 0 Å². The van der Waals surface area contributed by atoms with Gasteiger partial charge in [-0.05, 0) is 86.8 Å². The number of benzene rings is 2. The summed E-state index contributed by atoms with van der Waals surface area (Å²) in [6, 6.07) is 10.9. The van der Waals surface area contributed by atoms with Gasteiger partial charge in [0.2, 0.25) is 0 Å². The van der Waals surface area contributed by atoms with Gasteiger partial charge < -0.3 is 4.74 Å². The highest BCUT2D eigenvalue weighted by Crippen LogP contribution is 2.46. The third-order valence-corrected chi connectivity index (χ3v) is 8.62. The van der Waals surface area contributed by atoms with Gasteiger partial charge in [0, 0.05) is 24.0 Å². The number of hydrogen-bond acceptors (Lipinski definition) is 3. The van der Waals surface area contributed by atoms with Crippen LogP contribution in [0.25, 0.3) is 10.8 Å². The third kappa shape index (κ3) is 5.14. The number of fused-ring (bicyclic) bond motifs is 3. The Bertz CT molecular complexity index is 1160. The molecule has 0 spiro atoms. The van der Waals surface area contributed by atoms with E-state index in [9.17, 15) is 31.6 Å². The summed E-state index contributed by atoms with van der Waals surface area (Å²) in [6.07, 6.45) is -6.06. The normalized spacial score (nSPS) is 29.7. The van der Waals surface area contributed by atoms with Crippen LogP contribution in [0.3, 0.4) is 0 Å². The van der Waals surface area contributed by atoms with Gasteiger partial charge >= 0.3 is 12.4 Å². The fourth-order valence-corrected chi connectivity index (χ4v) is 6.79. The van der Waals surface area contributed by atoms with Crippen molar-refractivity contribution < 1.29 is 31.1 Å². The Morgan fingerprint density at radius 3 is 2.14 bits per heavy atom. The molecular weight excluding hydrogens is 494 g/mol. The second-order valence-corrected chi connectivity index (χ2v) is 10.9. The van der Waals surface area contributed by atoms with Gasteiger partial charge in [-0.15, -0.1) is 0 Å². The summed E-state index contributed by atoms with van der Waals surface area (Å²) in [7, 11) is 0. The Labute approximate surface area is 212 Å². The lowest BCUT2D eigenvalue weighted by molar-refractivity contribution is -0.185. The molecule has 3 nitrogen and oxygen atoms in total. The molecule has 0 aromatic heterocycles. The van der Waals surface area contributed by atoms with Gasteiger partial charge in [0.1, 0.15) is 11.3 Å². The molecule has 3 fully saturated rings. The van der Waals surface area contributed by atoms with Crippen molar-refractivity contribution in [3.63, 3.8) is 0 Å². The Hall–Kier alpha value is -2.47. The van der Waals surface area contributed by atoms with Crippen LogP contribution in [0.1, 0.15) is 75.5 Å². The number of ether oxygens (including phenoxy) is 1. The van der Waals surface area contributed by atoms with Crippen molar-refractivity contribution >= 4 is 10.8 Å². The summed E-state index contributed by atoms with van der Waals surface area (Å²) < 4.78 is 87.3.